The van der Waals surface area contributed by atoms with Crippen LogP contribution in [0.5, 0.6) is 11.5 Å². The van der Waals surface area contributed by atoms with Gasteiger partial charge in [-0.1, -0.05) is 100 Å². The zero-order valence-corrected chi connectivity index (χ0v) is 31.2. The number of imidazole rings is 2. The van der Waals surface area contributed by atoms with Gasteiger partial charge in [-0.05, 0) is 118 Å². The first-order valence-corrected chi connectivity index (χ1v) is 19.2. The number of ether oxygens (including phenoxy) is 1. The van der Waals surface area contributed by atoms with Crippen LogP contribution in [0.1, 0.15) is 50.7 Å². The van der Waals surface area contributed by atoms with Crippen LogP contribution >= 0.6 is 0 Å². The zero-order valence-electron chi connectivity index (χ0n) is 31.2. The van der Waals surface area contributed by atoms with Gasteiger partial charge in [0, 0.05) is 21.5 Å². The highest BCUT2D eigenvalue weighted by Crippen LogP contribution is 2.41. The van der Waals surface area contributed by atoms with Crippen molar-refractivity contribution in [2.75, 3.05) is 0 Å². The van der Waals surface area contributed by atoms with Crippen LogP contribution in [0.25, 0.3) is 87.8 Å². The summed E-state index contributed by atoms with van der Waals surface area (Å²) in [6, 6.07) is 51.9. The summed E-state index contributed by atoms with van der Waals surface area (Å²) in [4.78, 5) is 10.4. The highest BCUT2D eigenvalue weighted by Gasteiger charge is 2.20. The van der Waals surface area contributed by atoms with Gasteiger partial charge >= 0.3 is 0 Å². The lowest BCUT2D eigenvalue weighted by molar-refractivity contribution is 0.484. The largest absolute Gasteiger partial charge is 0.457 e. The smallest absolute Gasteiger partial charge is 0.146 e. The predicted octanol–water partition coefficient (Wildman–Crippen LogP) is 13.6. The summed E-state index contributed by atoms with van der Waals surface area (Å²) in [6.07, 6.45) is 0. The molecule has 0 atom stereocenters. The normalized spacial score (nSPS) is 12.3. The quantitative estimate of drug-likeness (QED) is 0.167. The van der Waals surface area contributed by atoms with E-state index in [1.807, 2.05) is 6.07 Å². The molecule has 0 spiro atoms. The Kier molecular flexibility index (Phi) is 6.87. The molecular formula is C50H38N4O. The molecule has 0 amide bonds. The highest BCUT2D eigenvalue weighted by molar-refractivity contribution is 6.16. The molecule has 0 unspecified atom stereocenters. The second-order valence-corrected chi connectivity index (χ2v) is 15.4. The summed E-state index contributed by atoms with van der Waals surface area (Å²) in [7, 11) is 0. The van der Waals surface area contributed by atoms with Gasteiger partial charge in [0.1, 0.15) is 22.8 Å². The first-order chi connectivity index (χ1) is 26.9. The van der Waals surface area contributed by atoms with Crippen molar-refractivity contribution >= 4 is 76.7 Å². The van der Waals surface area contributed by atoms with Gasteiger partial charge in [-0.15, -0.1) is 0 Å². The number of fused-ring (bicyclic) bond motifs is 16. The Labute approximate surface area is 318 Å². The van der Waals surface area contributed by atoms with Gasteiger partial charge in [-0.25, -0.2) is 9.97 Å². The minimum absolute atomic E-state index is 0.404. The van der Waals surface area contributed by atoms with Gasteiger partial charge in [-0.2, -0.15) is 0 Å². The maximum Gasteiger partial charge on any atom is 0.146 e. The topological polar surface area (TPSA) is 43.8 Å². The van der Waals surface area contributed by atoms with E-state index in [4.69, 9.17) is 14.7 Å². The Bertz CT molecular complexity index is 3340. The third-order valence-corrected chi connectivity index (χ3v) is 11.4. The molecule has 4 aromatic heterocycles. The first kappa shape index (κ1) is 31.8. The molecule has 0 aliphatic rings. The minimum Gasteiger partial charge on any atom is -0.457 e. The van der Waals surface area contributed by atoms with Crippen molar-refractivity contribution < 1.29 is 4.74 Å². The van der Waals surface area contributed by atoms with E-state index in [-0.39, 0.29) is 0 Å². The lowest BCUT2D eigenvalue weighted by atomic mass is 9.84. The molecule has 264 valence electrons. The lowest BCUT2D eigenvalue weighted by Gasteiger charge is -2.21. The molecule has 11 aromatic rings. The molecule has 0 saturated heterocycles. The lowest BCUT2D eigenvalue weighted by Crippen LogP contribution is -2.00. The predicted molar refractivity (Wildman–Crippen MR) is 229 cm³/mol. The van der Waals surface area contributed by atoms with Crippen LogP contribution in [-0.4, -0.2) is 18.8 Å². The summed E-state index contributed by atoms with van der Waals surface area (Å²) < 4.78 is 11.4. The van der Waals surface area contributed by atoms with Crippen molar-refractivity contribution in [3.05, 3.63) is 157 Å². The third kappa shape index (κ3) is 4.72. The number of pyridine rings is 2. The van der Waals surface area contributed by atoms with Crippen molar-refractivity contribution in [3.8, 4) is 22.6 Å². The van der Waals surface area contributed by atoms with Crippen molar-refractivity contribution in [3.63, 3.8) is 0 Å². The first-order valence-electron chi connectivity index (χ1n) is 19.2. The van der Waals surface area contributed by atoms with Crippen LogP contribution in [0.15, 0.2) is 146 Å². The molecular weight excluding hydrogens is 673 g/mol. The third-order valence-electron chi connectivity index (χ3n) is 11.4. The molecule has 0 fully saturated rings. The van der Waals surface area contributed by atoms with E-state index in [1.165, 1.54) is 33.0 Å². The van der Waals surface area contributed by atoms with E-state index in [0.29, 0.717) is 11.8 Å². The van der Waals surface area contributed by atoms with E-state index in [2.05, 4.69) is 176 Å². The zero-order chi connectivity index (χ0) is 36.9. The summed E-state index contributed by atoms with van der Waals surface area (Å²) in [6.45, 7) is 9.16. The Morgan fingerprint density at radius 3 is 1.49 bits per heavy atom. The highest BCUT2D eigenvalue weighted by atomic mass is 16.5. The number of aromatic nitrogens is 4. The number of rotatable bonds is 5. The van der Waals surface area contributed by atoms with Crippen molar-refractivity contribution in [1.82, 2.24) is 18.8 Å². The standard InChI is InChI=1S/C50H38N4O/c1-29(2)34-13-11-14-35(30(3)4)48(34)31-20-23-39-37-25-22-33(28-41(37)50-52-43-16-7-10-19-46(43)54(50)47(39)26-31)55-32-21-24-36-38-12-5-8-17-44(38)53-45-18-9-6-15-42(45)51-49(53)40(36)27-32/h5-30H,1-4H3. The fourth-order valence-corrected chi connectivity index (χ4v) is 8.93. The molecule has 0 N–H and O–H groups in total. The second-order valence-electron chi connectivity index (χ2n) is 15.4. The molecule has 55 heavy (non-hydrogen) atoms. The van der Waals surface area contributed by atoms with Crippen molar-refractivity contribution in [2.24, 2.45) is 0 Å². The molecule has 0 saturated carbocycles. The number of hydrogen-bond acceptors (Lipinski definition) is 3. The summed E-state index contributed by atoms with van der Waals surface area (Å²) in [5, 5.41) is 6.76. The van der Waals surface area contributed by atoms with Crippen LogP contribution in [-0.2, 0) is 0 Å². The molecule has 4 heterocycles. The second kappa shape index (κ2) is 11.9. The van der Waals surface area contributed by atoms with Gasteiger partial charge in [0.25, 0.3) is 0 Å². The molecule has 0 bridgehead atoms. The van der Waals surface area contributed by atoms with Crippen LogP contribution in [0.4, 0.5) is 0 Å². The Morgan fingerprint density at radius 2 is 0.909 bits per heavy atom. The minimum atomic E-state index is 0.404. The number of hydrogen-bond donors (Lipinski definition) is 0. The molecule has 5 heteroatoms. The van der Waals surface area contributed by atoms with Gasteiger partial charge in [0.15, 0.2) is 0 Å². The monoisotopic (exact) mass is 710 g/mol. The van der Waals surface area contributed by atoms with Crippen LogP contribution in [0, 0.1) is 0 Å². The van der Waals surface area contributed by atoms with E-state index >= 15 is 0 Å². The summed E-state index contributed by atoms with van der Waals surface area (Å²) in [5.41, 5.74) is 13.6. The van der Waals surface area contributed by atoms with Gasteiger partial charge < -0.3 is 4.74 Å². The fourth-order valence-electron chi connectivity index (χ4n) is 8.93. The van der Waals surface area contributed by atoms with Gasteiger partial charge in [0.05, 0.1) is 33.1 Å². The Balaban J connectivity index is 1.11. The van der Waals surface area contributed by atoms with Gasteiger partial charge in [0.2, 0.25) is 0 Å². The van der Waals surface area contributed by atoms with E-state index < -0.39 is 0 Å². The Morgan fingerprint density at radius 1 is 0.418 bits per heavy atom. The maximum absolute atomic E-state index is 6.74. The molecule has 7 aromatic carbocycles. The number of benzene rings is 7. The average Bonchev–Trinajstić information content (AvgIpc) is 3.81. The van der Waals surface area contributed by atoms with Crippen LogP contribution in [0.2, 0.25) is 0 Å². The van der Waals surface area contributed by atoms with E-state index in [0.717, 1.165) is 77.4 Å². The summed E-state index contributed by atoms with van der Waals surface area (Å²) >= 11 is 0. The maximum atomic E-state index is 6.74. The van der Waals surface area contributed by atoms with Crippen molar-refractivity contribution in [1.29, 1.82) is 0 Å². The summed E-state index contributed by atoms with van der Waals surface area (Å²) in [5.74, 6) is 2.33. The number of para-hydroxylation sites is 5. The number of nitrogens with zero attached hydrogens (tertiary/aromatic N) is 4. The fraction of sp³-hybridized carbons (Fsp3) is 0.120. The van der Waals surface area contributed by atoms with Crippen LogP contribution < -0.4 is 4.74 Å². The molecule has 11 rings (SSSR count). The van der Waals surface area contributed by atoms with Crippen molar-refractivity contribution in [2.45, 2.75) is 39.5 Å². The Hall–Kier alpha value is -6.72. The average molecular weight is 711 g/mol. The van der Waals surface area contributed by atoms with E-state index in [9.17, 15) is 0 Å². The molecule has 0 aliphatic heterocycles. The SMILES string of the molecule is CC(C)c1cccc(C(C)C)c1-c1ccc2c3ccc(Oc4ccc5c6ccccc6n6c7ccccc7nc6c5c4)cc3c3nc4ccccc4n3c2c1. The van der Waals surface area contributed by atoms with Gasteiger partial charge in [-0.3, -0.25) is 8.80 Å². The molecule has 0 aliphatic carbocycles. The molecule has 5 nitrogen and oxygen atoms in total. The molecule has 0 radical (unpaired) electrons. The van der Waals surface area contributed by atoms with Crippen LogP contribution in [0.3, 0.4) is 0 Å². The van der Waals surface area contributed by atoms with E-state index in [1.54, 1.807) is 0 Å².